The second-order valence-corrected chi connectivity index (χ2v) is 5.10. The summed E-state index contributed by atoms with van der Waals surface area (Å²) < 4.78 is 0. The van der Waals surface area contributed by atoms with E-state index in [0.29, 0.717) is 11.4 Å². The molecule has 5 nitrogen and oxygen atoms in total. The SMILES string of the molecule is Cc1[nH]nc(C(=O)NC(C)Cc2ccsc2)c1N. The van der Waals surface area contributed by atoms with Gasteiger partial charge in [-0.15, -0.1) is 0 Å². The predicted molar refractivity (Wildman–Crippen MR) is 72.7 cm³/mol. The maximum atomic E-state index is 11.9. The van der Waals surface area contributed by atoms with E-state index in [2.05, 4.69) is 27.0 Å². The summed E-state index contributed by atoms with van der Waals surface area (Å²) in [6.45, 7) is 3.75. The number of aromatic nitrogens is 2. The first-order valence-corrected chi connectivity index (χ1v) is 6.64. The van der Waals surface area contributed by atoms with Crippen LogP contribution in [0.4, 0.5) is 5.69 Å². The van der Waals surface area contributed by atoms with Crippen molar-refractivity contribution in [3.05, 3.63) is 33.8 Å². The molecular formula is C12H16N4OS. The molecule has 0 saturated heterocycles. The monoisotopic (exact) mass is 264 g/mol. The number of aromatic amines is 1. The third-order valence-electron chi connectivity index (χ3n) is 2.71. The van der Waals surface area contributed by atoms with Crippen molar-refractivity contribution in [2.24, 2.45) is 0 Å². The highest BCUT2D eigenvalue weighted by Gasteiger charge is 2.17. The standard InChI is InChI=1S/C12H16N4OS/c1-7(5-9-3-4-18-6-9)14-12(17)11-10(13)8(2)15-16-11/h3-4,6-7H,5,13H2,1-2H3,(H,14,17)(H,15,16). The third-order valence-corrected chi connectivity index (χ3v) is 3.44. The van der Waals surface area contributed by atoms with E-state index in [1.165, 1.54) is 5.56 Å². The highest BCUT2D eigenvalue weighted by atomic mass is 32.1. The first kappa shape index (κ1) is 12.6. The maximum Gasteiger partial charge on any atom is 0.274 e. The van der Waals surface area contributed by atoms with Gasteiger partial charge in [0.15, 0.2) is 5.69 Å². The Morgan fingerprint density at radius 2 is 2.44 bits per heavy atom. The van der Waals surface area contributed by atoms with Crippen molar-refractivity contribution in [3.8, 4) is 0 Å². The van der Waals surface area contributed by atoms with Gasteiger partial charge in [0.2, 0.25) is 0 Å². The summed E-state index contributed by atoms with van der Waals surface area (Å²) in [4.78, 5) is 11.9. The molecule has 2 heterocycles. The van der Waals surface area contributed by atoms with Crippen LogP contribution in [0.2, 0.25) is 0 Å². The minimum atomic E-state index is -0.237. The number of carbonyl (C=O) groups is 1. The van der Waals surface area contributed by atoms with E-state index in [9.17, 15) is 4.79 Å². The van der Waals surface area contributed by atoms with Gasteiger partial charge in [-0.2, -0.15) is 16.4 Å². The molecule has 0 aliphatic heterocycles. The highest BCUT2D eigenvalue weighted by Crippen LogP contribution is 2.13. The Morgan fingerprint density at radius 3 is 3.00 bits per heavy atom. The zero-order valence-corrected chi connectivity index (χ0v) is 11.2. The van der Waals surface area contributed by atoms with E-state index < -0.39 is 0 Å². The average Bonchev–Trinajstić information content (AvgIpc) is 2.91. The van der Waals surface area contributed by atoms with Crippen LogP contribution in [0.1, 0.15) is 28.7 Å². The van der Waals surface area contributed by atoms with Crippen molar-refractivity contribution >= 4 is 22.9 Å². The summed E-state index contributed by atoms with van der Waals surface area (Å²) in [5.74, 6) is -0.237. The van der Waals surface area contributed by atoms with Crippen LogP contribution in [0.5, 0.6) is 0 Å². The molecule has 1 atom stereocenters. The lowest BCUT2D eigenvalue weighted by atomic mass is 10.1. The van der Waals surface area contributed by atoms with Crippen molar-refractivity contribution in [1.29, 1.82) is 0 Å². The fraction of sp³-hybridized carbons (Fsp3) is 0.333. The van der Waals surface area contributed by atoms with E-state index >= 15 is 0 Å². The van der Waals surface area contributed by atoms with Crippen LogP contribution in [0.25, 0.3) is 0 Å². The summed E-state index contributed by atoms with van der Waals surface area (Å²) in [5, 5.41) is 13.6. The Labute approximate surface area is 109 Å². The topological polar surface area (TPSA) is 83.8 Å². The van der Waals surface area contributed by atoms with Crippen molar-refractivity contribution in [2.45, 2.75) is 26.3 Å². The van der Waals surface area contributed by atoms with Gasteiger partial charge in [-0.1, -0.05) is 0 Å². The Balaban J connectivity index is 1.97. The quantitative estimate of drug-likeness (QED) is 0.786. The normalized spacial score (nSPS) is 12.3. The van der Waals surface area contributed by atoms with Crippen molar-refractivity contribution < 1.29 is 4.79 Å². The van der Waals surface area contributed by atoms with Crippen LogP contribution in [0.15, 0.2) is 16.8 Å². The van der Waals surface area contributed by atoms with Gasteiger partial charge < -0.3 is 11.1 Å². The zero-order valence-electron chi connectivity index (χ0n) is 10.4. The number of H-pyrrole nitrogens is 1. The molecule has 2 rings (SSSR count). The number of nitrogen functional groups attached to an aromatic ring is 1. The van der Waals surface area contributed by atoms with Gasteiger partial charge in [0.05, 0.1) is 11.4 Å². The molecule has 0 radical (unpaired) electrons. The molecule has 1 amide bonds. The van der Waals surface area contributed by atoms with Crippen LogP contribution in [-0.2, 0) is 6.42 Å². The molecule has 0 aliphatic carbocycles. The van der Waals surface area contributed by atoms with E-state index in [1.54, 1.807) is 18.3 Å². The molecule has 0 fully saturated rings. The lowest BCUT2D eigenvalue weighted by Crippen LogP contribution is -2.34. The third kappa shape index (κ3) is 2.70. The number of nitrogens with two attached hydrogens (primary N) is 1. The number of thiophene rings is 1. The number of rotatable bonds is 4. The molecule has 4 N–H and O–H groups in total. The summed E-state index contributed by atoms with van der Waals surface area (Å²) in [6.07, 6.45) is 0.804. The maximum absolute atomic E-state index is 11.9. The lowest BCUT2D eigenvalue weighted by molar-refractivity contribution is 0.0936. The van der Waals surface area contributed by atoms with Crippen LogP contribution >= 0.6 is 11.3 Å². The van der Waals surface area contributed by atoms with E-state index in [0.717, 1.165) is 6.42 Å². The van der Waals surface area contributed by atoms with Crippen LogP contribution < -0.4 is 11.1 Å². The van der Waals surface area contributed by atoms with Crippen molar-refractivity contribution in [2.75, 3.05) is 5.73 Å². The molecular weight excluding hydrogens is 248 g/mol. The van der Waals surface area contributed by atoms with Gasteiger partial charge >= 0.3 is 0 Å². The molecule has 96 valence electrons. The summed E-state index contributed by atoms with van der Waals surface area (Å²) in [7, 11) is 0. The number of aryl methyl sites for hydroxylation is 1. The number of hydrogen-bond donors (Lipinski definition) is 3. The summed E-state index contributed by atoms with van der Waals surface area (Å²) in [5.41, 5.74) is 8.38. The number of nitrogens with zero attached hydrogens (tertiary/aromatic N) is 1. The van der Waals surface area contributed by atoms with Gasteiger partial charge in [-0.25, -0.2) is 0 Å². The van der Waals surface area contributed by atoms with Crippen LogP contribution in [-0.4, -0.2) is 22.1 Å². The van der Waals surface area contributed by atoms with Gasteiger partial charge in [0.25, 0.3) is 5.91 Å². The lowest BCUT2D eigenvalue weighted by Gasteiger charge is -2.12. The molecule has 18 heavy (non-hydrogen) atoms. The number of anilines is 1. The molecule has 0 saturated carbocycles. The first-order chi connectivity index (χ1) is 8.58. The molecule has 2 aromatic heterocycles. The van der Waals surface area contributed by atoms with Crippen molar-refractivity contribution in [3.63, 3.8) is 0 Å². The van der Waals surface area contributed by atoms with E-state index in [-0.39, 0.29) is 17.6 Å². The summed E-state index contributed by atoms with van der Waals surface area (Å²) >= 11 is 1.65. The molecule has 2 aromatic rings. The number of nitrogens with one attached hydrogen (secondary N) is 2. The molecule has 1 unspecified atom stereocenters. The molecule has 6 heteroatoms. The van der Waals surface area contributed by atoms with Crippen molar-refractivity contribution in [1.82, 2.24) is 15.5 Å². The van der Waals surface area contributed by atoms with Gasteiger partial charge in [0, 0.05) is 6.04 Å². The smallest absolute Gasteiger partial charge is 0.274 e. The Bertz CT molecular complexity index is 532. The molecule has 0 aliphatic rings. The van der Waals surface area contributed by atoms with E-state index in [1.807, 2.05) is 12.3 Å². The van der Waals surface area contributed by atoms with E-state index in [4.69, 9.17) is 5.73 Å². The predicted octanol–water partition coefficient (Wildman–Crippen LogP) is 1.72. The zero-order chi connectivity index (χ0) is 13.1. The fourth-order valence-corrected chi connectivity index (χ4v) is 2.40. The van der Waals surface area contributed by atoms with Gasteiger partial charge in [-0.05, 0) is 42.7 Å². The summed E-state index contributed by atoms with van der Waals surface area (Å²) in [6, 6.07) is 2.10. The van der Waals surface area contributed by atoms with Crippen LogP contribution in [0.3, 0.4) is 0 Å². The van der Waals surface area contributed by atoms with Crippen LogP contribution in [0, 0.1) is 6.92 Å². The molecule has 0 spiro atoms. The fourth-order valence-electron chi connectivity index (χ4n) is 1.72. The largest absolute Gasteiger partial charge is 0.395 e. The Hall–Kier alpha value is -1.82. The number of carbonyl (C=O) groups excluding carboxylic acids is 1. The number of amides is 1. The first-order valence-electron chi connectivity index (χ1n) is 5.70. The van der Waals surface area contributed by atoms with Gasteiger partial charge in [0.1, 0.15) is 0 Å². The Kier molecular flexibility index (Phi) is 3.66. The average molecular weight is 264 g/mol. The highest BCUT2D eigenvalue weighted by molar-refractivity contribution is 7.07. The second kappa shape index (κ2) is 5.22. The minimum absolute atomic E-state index is 0.0449. The van der Waals surface area contributed by atoms with Gasteiger partial charge in [-0.3, -0.25) is 9.89 Å². The Morgan fingerprint density at radius 1 is 1.67 bits per heavy atom. The minimum Gasteiger partial charge on any atom is -0.395 e. The molecule has 0 bridgehead atoms. The molecule has 0 aromatic carbocycles. The second-order valence-electron chi connectivity index (χ2n) is 4.32. The number of hydrogen-bond acceptors (Lipinski definition) is 4.